The van der Waals surface area contributed by atoms with Crippen LogP contribution in [0.4, 0.5) is 5.82 Å². The Hall–Kier alpha value is -2.71. The van der Waals surface area contributed by atoms with Gasteiger partial charge in [0.2, 0.25) is 5.91 Å². The van der Waals surface area contributed by atoms with Crippen LogP contribution in [-0.4, -0.2) is 44.5 Å². The van der Waals surface area contributed by atoms with Crippen LogP contribution in [0.1, 0.15) is 23.3 Å². The largest absolute Gasteiger partial charge is 0.367 e. The molecule has 1 fully saturated rings. The normalized spacial score (nSPS) is 14.8. The minimum Gasteiger partial charge on any atom is -0.367 e. The SMILES string of the molecule is Cc1ccccc1-c1cc(NC2CCN(C(=O)Cc3cccs3)CC2)n2ncc(Br)c2n1. The van der Waals surface area contributed by atoms with Crippen molar-refractivity contribution in [3.8, 4) is 11.3 Å². The number of amides is 1. The molecule has 1 amide bonds. The van der Waals surface area contributed by atoms with Gasteiger partial charge in [-0.3, -0.25) is 4.79 Å². The summed E-state index contributed by atoms with van der Waals surface area (Å²) >= 11 is 5.22. The van der Waals surface area contributed by atoms with E-state index in [1.807, 2.05) is 39.1 Å². The maximum absolute atomic E-state index is 12.6. The van der Waals surface area contributed by atoms with Gasteiger partial charge in [0, 0.05) is 35.6 Å². The van der Waals surface area contributed by atoms with E-state index in [4.69, 9.17) is 4.98 Å². The van der Waals surface area contributed by atoms with Gasteiger partial charge in [-0.05, 0) is 52.7 Å². The number of nitrogens with one attached hydrogen (secondary N) is 1. The second-order valence-corrected chi connectivity index (χ2v) is 10.0. The fourth-order valence-corrected chi connectivity index (χ4v) is 5.24. The molecular weight excluding hydrogens is 486 g/mol. The van der Waals surface area contributed by atoms with Crippen LogP contribution in [0.3, 0.4) is 0 Å². The second kappa shape index (κ2) is 9.03. The lowest BCUT2D eigenvalue weighted by molar-refractivity contribution is -0.131. The molecular formula is C24H24BrN5OS. The fourth-order valence-electron chi connectivity index (χ4n) is 4.19. The van der Waals surface area contributed by atoms with Gasteiger partial charge in [-0.15, -0.1) is 11.3 Å². The first kappa shape index (κ1) is 21.2. The molecule has 0 aliphatic carbocycles. The number of fused-ring (bicyclic) bond motifs is 1. The number of aromatic nitrogens is 3. The molecule has 0 spiro atoms. The molecule has 0 bridgehead atoms. The first-order chi connectivity index (χ1) is 15.6. The minimum absolute atomic E-state index is 0.218. The monoisotopic (exact) mass is 509 g/mol. The van der Waals surface area contributed by atoms with Crippen LogP contribution in [0.2, 0.25) is 0 Å². The molecule has 1 N–H and O–H groups in total. The quantitative estimate of drug-likeness (QED) is 0.402. The zero-order valence-electron chi connectivity index (χ0n) is 17.8. The third-order valence-corrected chi connectivity index (χ3v) is 7.39. The zero-order valence-corrected chi connectivity index (χ0v) is 20.2. The third-order valence-electron chi connectivity index (χ3n) is 5.96. The molecule has 3 aromatic heterocycles. The lowest BCUT2D eigenvalue weighted by Crippen LogP contribution is -2.43. The number of nitrogens with zero attached hydrogens (tertiary/aromatic N) is 4. The molecule has 8 heteroatoms. The molecule has 1 aromatic carbocycles. The number of hydrogen-bond acceptors (Lipinski definition) is 5. The Kier molecular flexibility index (Phi) is 5.97. The van der Waals surface area contributed by atoms with E-state index in [0.717, 1.165) is 58.0 Å². The molecule has 4 aromatic rings. The number of carbonyl (C=O) groups excluding carboxylic acids is 1. The summed E-state index contributed by atoms with van der Waals surface area (Å²) in [5, 5.41) is 10.2. The van der Waals surface area contributed by atoms with E-state index in [-0.39, 0.29) is 11.9 Å². The van der Waals surface area contributed by atoms with Crippen LogP contribution in [0, 0.1) is 6.92 Å². The predicted molar refractivity (Wildman–Crippen MR) is 132 cm³/mol. The Bertz CT molecular complexity index is 1240. The van der Waals surface area contributed by atoms with Crippen molar-refractivity contribution in [3.63, 3.8) is 0 Å². The average molecular weight is 510 g/mol. The van der Waals surface area contributed by atoms with Crippen LogP contribution in [0.5, 0.6) is 0 Å². The lowest BCUT2D eigenvalue weighted by atomic mass is 10.0. The van der Waals surface area contributed by atoms with Crippen molar-refractivity contribution in [1.82, 2.24) is 19.5 Å². The van der Waals surface area contributed by atoms with Gasteiger partial charge < -0.3 is 10.2 Å². The highest BCUT2D eigenvalue weighted by molar-refractivity contribution is 9.10. The standard InChI is InChI=1S/C24H24BrN5OS/c1-16-5-2-3-7-19(16)21-14-22(30-24(28-21)20(25)15-26-30)27-17-8-10-29(11-9-17)23(31)13-18-6-4-12-32-18/h2-7,12,14-15,17,27H,8-11,13H2,1H3. The molecule has 32 heavy (non-hydrogen) atoms. The first-order valence-corrected chi connectivity index (χ1v) is 12.4. The maximum atomic E-state index is 12.6. The molecule has 164 valence electrons. The molecule has 0 saturated carbocycles. The summed E-state index contributed by atoms with van der Waals surface area (Å²) in [7, 11) is 0. The Morgan fingerprint density at radius 2 is 2.03 bits per heavy atom. The van der Waals surface area contributed by atoms with Crippen molar-refractivity contribution < 1.29 is 4.79 Å². The fraction of sp³-hybridized carbons (Fsp3) is 0.292. The summed E-state index contributed by atoms with van der Waals surface area (Å²) < 4.78 is 2.71. The van der Waals surface area contributed by atoms with E-state index < -0.39 is 0 Å². The van der Waals surface area contributed by atoms with Gasteiger partial charge in [0.1, 0.15) is 5.82 Å². The Balaban J connectivity index is 1.33. The predicted octanol–water partition coefficient (Wildman–Crippen LogP) is 5.17. The van der Waals surface area contributed by atoms with Crippen LogP contribution in [0.15, 0.2) is 58.5 Å². The van der Waals surface area contributed by atoms with Crippen LogP contribution in [0.25, 0.3) is 16.9 Å². The number of halogens is 1. The summed E-state index contributed by atoms with van der Waals surface area (Å²) in [5.41, 5.74) is 4.00. The molecule has 6 nitrogen and oxygen atoms in total. The second-order valence-electron chi connectivity index (χ2n) is 8.12. The summed E-state index contributed by atoms with van der Waals surface area (Å²) in [6, 6.07) is 14.6. The summed E-state index contributed by atoms with van der Waals surface area (Å²) in [6.07, 6.45) is 4.09. The number of rotatable bonds is 5. The number of thiophene rings is 1. The van der Waals surface area contributed by atoms with Gasteiger partial charge in [0.05, 0.1) is 22.8 Å². The van der Waals surface area contributed by atoms with E-state index in [0.29, 0.717) is 6.42 Å². The van der Waals surface area contributed by atoms with E-state index in [2.05, 4.69) is 51.5 Å². The number of carbonyl (C=O) groups is 1. The van der Waals surface area contributed by atoms with E-state index in [9.17, 15) is 4.79 Å². The first-order valence-electron chi connectivity index (χ1n) is 10.8. The number of hydrogen-bond donors (Lipinski definition) is 1. The average Bonchev–Trinajstić information content (AvgIpc) is 3.44. The smallest absolute Gasteiger partial charge is 0.227 e. The van der Waals surface area contributed by atoms with Gasteiger partial charge in [0.25, 0.3) is 0 Å². The highest BCUT2D eigenvalue weighted by atomic mass is 79.9. The number of piperidine rings is 1. The molecule has 4 heterocycles. The van der Waals surface area contributed by atoms with Crippen molar-refractivity contribution in [2.75, 3.05) is 18.4 Å². The zero-order chi connectivity index (χ0) is 22.1. The molecule has 0 unspecified atom stereocenters. The van der Waals surface area contributed by atoms with Gasteiger partial charge >= 0.3 is 0 Å². The number of aryl methyl sites for hydroxylation is 1. The van der Waals surface area contributed by atoms with Crippen LogP contribution >= 0.6 is 27.3 Å². The molecule has 1 saturated heterocycles. The topological polar surface area (TPSA) is 62.5 Å². The van der Waals surface area contributed by atoms with E-state index in [1.165, 1.54) is 5.56 Å². The van der Waals surface area contributed by atoms with Gasteiger partial charge in [-0.1, -0.05) is 30.3 Å². The Morgan fingerprint density at radius 3 is 2.78 bits per heavy atom. The number of benzene rings is 1. The van der Waals surface area contributed by atoms with Crippen molar-refractivity contribution in [3.05, 3.63) is 69.0 Å². The lowest BCUT2D eigenvalue weighted by Gasteiger charge is -2.33. The molecule has 1 aliphatic rings. The van der Waals surface area contributed by atoms with Gasteiger partial charge in [0.15, 0.2) is 5.65 Å². The number of likely N-dealkylation sites (tertiary alicyclic amines) is 1. The van der Waals surface area contributed by atoms with Crippen molar-refractivity contribution >= 4 is 44.6 Å². The number of anilines is 1. The van der Waals surface area contributed by atoms with E-state index >= 15 is 0 Å². The summed E-state index contributed by atoms with van der Waals surface area (Å²) in [5.74, 6) is 1.14. The summed E-state index contributed by atoms with van der Waals surface area (Å²) in [4.78, 5) is 20.6. The highest BCUT2D eigenvalue weighted by Crippen LogP contribution is 2.29. The van der Waals surface area contributed by atoms with Gasteiger partial charge in [-0.25, -0.2) is 4.98 Å². The van der Waals surface area contributed by atoms with Crippen molar-refractivity contribution in [2.24, 2.45) is 0 Å². The highest BCUT2D eigenvalue weighted by Gasteiger charge is 2.24. The Labute approximate surface area is 199 Å². The molecule has 5 rings (SSSR count). The third kappa shape index (κ3) is 4.29. The molecule has 0 radical (unpaired) electrons. The Morgan fingerprint density at radius 1 is 1.22 bits per heavy atom. The molecule has 1 aliphatic heterocycles. The van der Waals surface area contributed by atoms with Crippen molar-refractivity contribution in [1.29, 1.82) is 0 Å². The molecule has 0 atom stereocenters. The minimum atomic E-state index is 0.218. The summed E-state index contributed by atoms with van der Waals surface area (Å²) in [6.45, 7) is 3.63. The maximum Gasteiger partial charge on any atom is 0.227 e. The van der Waals surface area contributed by atoms with Crippen LogP contribution < -0.4 is 5.32 Å². The van der Waals surface area contributed by atoms with E-state index in [1.54, 1.807) is 17.5 Å². The van der Waals surface area contributed by atoms with Gasteiger partial charge in [-0.2, -0.15) is 9.61 Å². The van der Waals surface area contributed by atoms with Crippen molar-refractivity contribution in [2.45, 2.75) is 32.2 Å². The van der Waals surface area contributed by atoms with Crippen LogP contribution in [-0.2, 0) is 11.2 Å².